The van der Waals surface area contributed by atoms with E-state index < -0.39 is 0 Å². The van der Waals surface area contributed by atoms with Crippen molar-refractivity contribution in [1.82, 2.24) is 0 Å². The number of nitrogens with zero attached hydrogens (tertiary/aromatic N) is 1. The fourth-order valence-corrected chi connectivity index (χ4v) is 2.26. The number of carbonyl (C=O) groups is 1. The number of carbonyl (C=O) groups excluding carboxylic acids is 1. The Kier molecular flexibility index (Phi) is 2.86. The van der Waals surface area contributed by atoms with Crippen LogP contribution in [-0.4, -0.2) is 24.5 Å². The summed E-state index contributed by atoms with van der Waals surface area (Å²) in [6.07, 6.45) is 2.88. The fourth-order valence-electron chi connectivity index (χ4n) is 1.86. The van der Waals surface area contributed by atoms with Gasteiger partial charge in [0.25, 0.3) is 0 Å². The monoisotopic (exact) mass is 222 g/mol. The summed E-state index contributed by atoms with van der Waals surface area (Å²) < 4.78 is 0. The second kappa shape index (κ2) is 4.14. The zero-order valence-corrected chi connectivity index (χ0v) is 9.51. The molecule has 15 heavy (non-hydrogen) atoms. The van der Waals surface area contributed by atoms with E-state index in [1.807, 2.05) is 29.4 Å². The maximum Gasteiger partial charge on any atom is 0.236 e. The molecule has 2 N–H and O–H groups in total. The Balaban J connectivity index is 2.27. The predicted octanol–water partition coefficient (Wildman–Crippen LogP) is 1.52. The number of hydrogen-bond donors (Lipinski definition) is 1. The summed E-state index contributed by atoms with van der Waals surface area (Å²) in [5, 5.41) is 0. The Morgan fingerprint density at radius 3 is 3.13 bits per heavy atom. The van der Waals surface area contributed by atoms with Crippen LogP contribution in [0.25, 0.3) is 0 Å². The lowest BCUT2D eigenvalue weighted by atomic mass is 10.1. The van der Waals surface area contributed by atoms with Gasteiger partial charge < -0.3 is 10.6 Å². The van der Waals surface area contributed by atoms with E-state index in [1.165, 1.54) is 5.56 Å². The molecule has 1 heterocycles. The Morgan fingerprint density at radius 2 is 2.40 bits per heavy atom. The van der Waals surface area contributed by atoms with Gasteiger partial charge in [-0.3, -0.25) is 4.79 Å². The van der Waals surface area contributed by atoms with E-state index in [0.717, 1.165) is 24.3 Å². The summed E-state index contributed by atoms with van der Waals surface area (Å²) in [6, 6.07) is 5.79. The van der Waals surface area contributed by atoms with Gasteiger partial charge in [-0.25, -0.2) is 0 Å². The van der Waals surface area contributed by atoms with Crippen LogP contribution in [-0.2, 0) is 11.2 Å². The van der Waals surface area contributed by atoms with Gasteiger partial charge >= 0.3 is 0 Å². The first kappa shape index (κ1) is 10.4. The predicted molar refractivity (Wildman–Crippen MR) is 65.3 cm³/mol. The van der Waals surface area contributed by atoms with Crippen LogP contribution >= 0.6 is 11.8 Å². The lowest BCUT2D eigenvalue weighted by Crippen LogP contribution is -2.30. The molecule has 0 atom stereocenters. The quantitative estimate of drug-likeness (QED) is 0.772. The third-order valence-corrected chi connectivity index (χ3v) is 3.11. The van der Waals surface area contributed by atoms with Crippen LogP contribution in [0.15, 0.2) is 18.2 Å². The van der Waals surface area contributed by atoms with E-state index in [0.29, 0.717) is 5.75 Å². The highest BCUT2D eigenvalue weighted by Gasteiger charge is 2.23. The third kappa shape index (κ3) is 1.95. The average molecular weight is 222 g/mol. The maximum atomic E-state index is 11.8. The first-order valence-electron chi connectivity index (χ1n) is 4.90. The van der Waals surface area contributed by atoms with Crippen LogP contribution in [0.3, 0.4) is 0 Å². The van der Waals surface area contributed by atoms with Crippen molar-refractivity contribution in [2.75, 3.05) is 29.2 Å². The van der Waals surface area contributed by atoms with E-state index >= 15 is 0 Å². The molecule has 3 nitrogen and oxygen atoms in total. The minimum atomic E-state index is 0.173. The first-order valence-corrected chi connectivity index (χ1v) is 6.29. The van der Waals surface area contributed by atoms with Crippen LogP contribution in [0.4, 0.5) is 11.4 Å². The Labute approximate surface area is 93.6 Å². The maximum absolute atomic E-state index is 11.8. The number of hydrogen-bond acceptors (Lipinski definition) is 3. The number of rotatable bonds is 2. The molecular formula is C11H14N2OS. The highest BCUT2D eigenvalue weighted by molar-refractivity contribution is 7.99. The normalized spacial score (nSPS) is 14.1. The van der Waals surface area contributed by atoms with Crippen molar-refractivity contribution < 1.29 is 4.79 Å². The van der Waals surface area contributed by atoms with E-state index in [4.69, 9.17) is 5.73 Å². The van der Waals surface area contributed by atoms with Gasteiger partial charge in [-0.1, -0.05) is 6.07 Å². The average Bonchev–Trinajstić information content (AvgIpc) is 2.60. The lowest BCUT2D eigenvalue weighted by molar-refractivity contribution is -0.116. The molecule has 0 fully saturated rings. The summed E-state index contributed by atoms with van der Waals surface area (Å²) in [5.41, 5.74) is 8.66. The summed E-state index contributed by atoms with van der Waals surface area (Å²) in [5.74, 6) is 0.709. The highest BCUT2D eigenvalue weighted by atomic mass is 32.2. The number of anilines is 2. The molecule has 0 aliphatic carbocycles. The molecule has 4 heteroatoms. The summed E-state index contributed by atoms with van der Waals surface area (Å²) in [6.45, 7) is 0.790. The molecular weight excluding hydrogens is 208 g/mol. The Morgan fingerprint density at radius 1 is 1.60 bits per heavy atom. The SMILES string of the molecule is CSCC(=O)N1CCc2ccc(N)cc21. The molecule has 0 spiro atoms. The summed E-state index contributed by atoms with van der Waals surface area (Å²) >= 11 is 1.55. The summed E-state index contributed by atoms with van der Waals surface area (Å²) in [7, 11) is 0. The minimum absolute atomic E-state index is 0.173. The van der Waals surface area contributed by atoms with Crippen molar-refractivity contribution >= 4 is 29.0 Å². The standard InChI is InChI=1S/C11H14N2OS/c1-15-7-11(14)13-5-4-8-2-3-9(12)6-10(8)13/h2-3,6H,4-5,7,12H2,1H3. The molecule has 0 radical (unpaired) electrons. The van der Waals surface area contributed by atoms with Crippen LogP contribution in [0.1, 0.15) is 5.56 Å². The topological polar surface area (TPSA) is 46.3 Å². The van der Waals surface area contributed by atoms with E-state index in [1.54, 1.807) is 11.8 Å². The van der Waals surface area contributed by atoms with Crippen molar-refractivity contribution in [3.63, 3.8) is 0 Å². The molecule has 1 aromatic carbocycles. The molecule has 1 aromatic rings. The van der Waals surface area contributed by atoms with Gasteiger partial charge in [0, 0.05) is 17.9 Å². The fraction of sp³-hybridized carbons (Fsp3) is 0.364. The zero-order chi connectivity index (χ0) is 10.8. The van der Waals surface area contributed by atoms with Crippen molar-refractivity contribution in [3.8, 4) is 0 Å². The molecule has 0 aromatic heterocycles. The molecule has 2 rings (SSSR count). The number of amides is 1. The molecule has 1 amide bonds. The second-order valence-corrected chi connectivity index (χ2v) is 4.48. The Hall–Kier alpha value is -1.16. The molecule has 0 bridgehead atoms. The van der Waals surface area contributed by atoms with E-state index in [9.17, 15) is 4.79 Å². The number of fused-ring (bicyclic) bond motifs is 1. The third-order valence-electron chi connectivity index (χ3n) is 2.57. The largest absolute Gasteiger partial charge is 0.399 e. The molecule has 1 aliphatic rings. The molecule has 1 aliphatic heterocycles. The second-order valence-electron chi connectivity index (χ2n) is 3.62. The van der Waals surface area contributed by atoms with Gasteiger partial charge in [-0.15, -0.1) is 0 Å². The van der Waals surface area contributed by atoms with Gasteiger partial charge in [0.2, 0.25) is 5.91 Å². The molecule has 80 valence electrons. The number of nitrogens with two attached hydrogens (primary N) is 1. The van der Waals surface area contributed by atoms with Crippen molar-refractivity contribution in [1.29, 1.82) is 0 Å². The summed E-state index contributed by atoms with van der Waals surface area (Å²) in [4.78, 5) is 13.6. The van der Waals surface area contributed by atoms with Gasteiger partial charge in [0.1, 0.15) is 0 Å². The molecule has 0 unspecified atom stereocenters. The molecule has 0 saturated heterocycles. The molecule has 0 saturated carbocycles. The smallest absolute Gasteiger partial charge is 0.236 e. The van der Waals surface area contributed by atoms with Crippen LogP contribution in [0.2, 0.25) is 0 Å². The van der Waals surface area contributed by atoms with Crippen LogP contribution in [0, 0.1) is 0 Å². The lowest BCUT2D eigenvalue weighted by Gasteiger charge is -2.16. The number of nitrogen functional groups attached to an aromatic ring is 1. The van der Waals surface area contributed by atoms with E-state index in [-0.39, 0.29) is 5.91 Å². The van der Waals surface area contributed by atoms with Gasteiger partial charge in [-0.2, -0.15) is 11.8 Å². The van der Waals surface area contributed by atoms with Crippen molar-refractivity contribution in [2.45, 2.75) is 6.42 Å². The Bertz CT molecular complexity index is 392. The zero-order valence-electron chi connectivity index (χ0n) is 8.69. The van der Waals surface area contributed by atoms with Gasteiger partial charge in [0.05, 0.1) is 5.75 Å². The first-order chi connectivity index (χ1) is 7.22. The minimum Gasteiger partial charge on any atom is -0.399 e. The van der Waals surface area contributed by atoms with Gasteiger partial charge in [0.15, 0.2) is 0 Å². The van der Waals surface area contributed by atoms with Crippen molar-refractivity contribution in [3.05, 3.63) is 23.8 Å². The van der Waals surface area contributed by atoms with Gasteiger partial charge in [-0.05, 0) is 30.4 Å². The number of thioether (sulfide) groups is 1. The van der Waals surface area contributed by atoms with E-state index in [2.05, 4.69) is 0 Å². The highest BCUT2D eigenvalue weighted by Crippen LogP contribution is 2.30. The van der Waals surface area contributed by atoms with Crippen LogP contribution in [0.5, 0.6) is 0 Å². The van der Waals surface area contributed by atoms with Crippen molar-refractivity contribution in [2.24, 2.45) is 0 Å². The number of benzene rings is 1. The van der Waals surface area contributed by atoms with Crippen LogP contribution < -0.4 is 10.6 Å².